The van der Waals surface area contributed by atoms with Crippen molar-refractivity contribution in [3.8, 4) is 0 Å². The van der Waals surface area contributed by atoms with Crippen LogP contribution in [0.4, 0.5) is 0 Å². The van der Waals surface area contributed by atoms with Crippen LogP contribution in [0.1, 0.15) is 22.7 Å². The second-order valence-electron chi connectivity index (χ2n) is 5.89. The molecular formula is C19H17Cl2NO3. The number of rotatable bonds is 7. The van der Waals surface area contributed by atoms with Crippen LogP contribution in [0.2, 0.25) is 10.0 Å². The number of hydrogen-bond acceptors (Lipinski definition) is 4. The van der Waals surface area contributed by atoms with Crippen molar-refractivity contribution in [3.63, 3.8) is 0 Å². The summed E-state index contributed by atoms with van der Waals surface area (Å²) in [5, 5.41) is 1.00. The highest BCUT2D eigenvalue weighted by molar-refractivity contribution is 6.42. The second-order valence-corrected chi connectivity index (χ2v) is 6.71. The summed E-state index contributed by atoms with van der Waals surface area (Å²) in [7, 11) is 0. The van der Waals surface area contributed by atoms with Gasteiger partial charge in [-0.2, -0.15) is 0 Å². The van der Waals surface area contributed by atoms with Crippen molar-refractivity contribution in [2.75, 3.05) is 13.2 Å². The van der Waals surface area contributed by atoms with E-state index in [9.17, 15) is 9.59 Å². The Morgan fingerprint density at radius 3 is 2.76 bits per heavy atom. The Balaban J connectivity index is 1.58. The van der Waals surface area contributed by atoms with Crippen molar-refractivity contribution < 1.29 is 14.3 Å². The molecule has 0 saturated heterocycles. The number of Topliss-reactive ketones (excluding diaryl/α,β-unsaturated/α-hetero) is 1. The van der Waals surface area contributed by atoms with E-state index in [2.05, 4.69) is 0 Å². The molecule has 3 rings (SSSR count). The molecule has 2 aromatic rings. The number of ether oxygens (including phenoxy) is 1. The van der Waals surface area contributed by atoms with Crippen LogP contribution in [0.15, 0.2) is 42.5 Å². The van der Waals surface area contributed by atoms with Gasteiger partial charge in [0.05, 0.1) is 23.3 Å². The van der Waals surface area contributed by atoms with Crippen LogP contribution < -0.4 is 0 Å². The monoisotopic (exact) mass is 377 g/mol. The molecular weight excluding hydrogens is 361 g/mol. The molecule has 25 heavy (non-hydrogen) atoms. The largest absolute Gasteiger partial charge is 0.375 e. The predicted octanol–water partition coefficient (Wildman–Crippen LogP) is 3.83. The van der Waals surface area contributed by atoms with Gasteiger partial charge in [-0.1, -0.05) is 53.5 Å². The van der Waals surface area contributed by atoms with Crippen molar-refractivity contribution >= 4 is 35.3 Å². The molecule has 0 N–H and O–H groups in total. The molecule has 0 fully saturated rings. The van der Waals surface area contributed by atoms with Crippen molar-refractivity contribution in [1.82, 2.24) is 4.90 Å². The minimum Gasteiger partial charge on any atom is -0.375 e. The molecule has 0 saturated carbocycles. The van der Waals surface area contributed by atoms with Gasteiger partial charge in [0.1, 0.15) is 6.04 Å². The van der Waals surface area contributed by atoms with Gasteiger partial charge in [-0.15, -0.1) is 0 Å². The normalized spacial score (nSPS) is 16.6. The van der Waals surface area contributed by atoms with Gasteiger partial charge in [0.15, 0.2) is 6.29 Å². The first kappa shape index (κ1) is 18.1. The van der Waals surface area contributed by atoms with Gasteiger partial charge in [-0.05, 0) is 28.8 Å². The van der Waals surface area contributed by atoms with Gasteiger partial charge in [0.2, 0.25) is 5.78 Å². The Hall–Kier alpha value is -1.72. The molecule has 0 aromatic heterocycles. The lowest BCUT2D eigenvalue weighted by Gasteiger charge is -2.22. The fraction of sp³-hybridized carbons (Fsp3) is 0.263. The van der Waals surface area contributed by atoms with Gasteiger partial charge in [0.25, 0.3) is 0 Å². The van der Waals surface area contributed by atoms with E-state index in [1.54, 1.807) is 12.1 Å². The SMILES string of the molecule is O=CC(=O)C1c2ccccc2CN1CCOCc1ccc(Cl)c(Cl)c1. The van der Waals surface area contributed by atoms with E-state index >= 15 is 0 Å². The van der Waals surface area contributed by atoms with Crippen LogP contribution in [-0.2, 0) is 27.5 Å². The fourth-order valence-corrected chi connectivity index (χ4v) is 3.38. The minimum atomic E-state index is -0.512. The predicted molar refractivity (Wildman–Crippen MR) is 96.8 cm³/mol. The topological polar surface area (TPSA) is 46.6 Å². The first-order valence-corrected chi connectivity index (χ1v) is 8.68. The van der Waals surface area contributed by atoms with E-state index in [4.69, 9.17) is 27.9 Å². The van der Waals surface area contributed by atoms with E-state index in [1.165, 1.54) is 0 Å². The maximum atomic E-state index is 12.0. The van der Waals surface area contributed by atoms with Crippen LogP contribution in [0.3, 0.4) is 0 Å². The Kier molecular flexibility index (Phi) is 5.86. The van der Waals surface area contributed by atoms with E-state index < -0.39 is 11.8 Å². The molecule has 1 aliphatic heterocycles. The third kappa shape index (κ3) is 4.10. The molecule has 0 amide bonds. The summed E-state index contributed by atoms with van der Waals surface area (Å²) in [4.78, 5) is 25.0. The smallest absolute Gasteiger partial charge is 0.216 e. The van der Waals surface area contributed by atoms with Crippen molar-refractivity contribution in [2.24, 2.45) is 0 Å². The molecule has 1 atom stereocenters. The zero-order chi connectivity index (χ0) is 17.8. The van der Waals surface area contributed by atoms with E-state index in [0.29, 0.717) is 42.6 Å². The first-order chi connectivity index (χ1) is 12.1. The number of fused-ring (bicyclic) bond motifs is 1. The molecule has 1 unspecified atom stereocenters. The minimum absolute atomic E-state index is 0.399. The number of carbonyl (C=O) groups excluding carboxylic acids is 2. The molecule has 6 heteroatoms. The molecule has 0 bridgehead atoms. The lowest BCUT2D eigenvalue weighted by molar-refractivity contribution is -0.133. The third-order valence-electron chi connectivity index (χ3n) is 4.25. The Morgan fingerprint density at radius 1 is 1.20 bits per heavy atom. The Morgan fingerprint density at radius 2 is 2.00 bits per heavy atom. The summed E-state index contributed by atoms with van der Waals surface area (Å²) in [5.74, 6) is -0.422. The lowest BCUT2D eigenvalue weighted by Crippen LogP contribution is -2.31. The summed E-state index contributed by atoms with van der Waals surface area (Å²) in [6.07, 6.45) is 0.399. The average Bonchev–Trinajstić information content (AvgIpc) is 2.99. The zero-order valence-electron chi connectivity index (χ0n) is 13.5. The van der Waals surface area contributed by atoms with Gasteiger partial charge in [-0.25, -0.2) is 0 Å². The number of ketones is 1. The number of benzene rings is 2. The number of aldehydes is 1. The van der Waals surface area contributed by atoms with Crippen LogP contribution in [0.25, 0.3) is 0 Å². The summed E-state index contributed by atoms with van der Waals surface area (Å²) in [6.45, 7) is 2.04. The van der Waals surface area contributed by atoms with Gasteiger partial charge < -0.3 is 4.74 Å². The van der Waals surface area contributed by atoms with E-state index in [0.717, 1.165) is 16.7 Å². The second kappa shape index (κ2) is 8.11. The standard InChI is InChI=1S/C19H17Cl2NO3/c20-16-6-5-13(9-17(16)21)12-25-8-7-22-10-14-3-1-2-4-15(14)19(22)18(24)11-23/h1-6,9,11,19H,7-8,10,12H2. The molecule has 2 aromatic carbocycles. The molecule has 0 aliphatic carbocycles. The molecule has 130 valence electrons. The van der Waals surface area contributed by atoms with Crippen LogP contribution >= 0.6 is 23.2 Å². The Labute approximate surface area is 156 Å². The first-order valence-electron chi connectivity index (χ1n) is 7.92. The summed E-state index contributed by atoms with van der Waals surface area (Å²) in [5.41, 5.74) is 2.91. The number of hydrogen-bond donors (Lipinski definition) is 0. The molecule has 1 aliphatic rings. The highest BCUT2D eigenvalue weighted by Gasteiger charge is 2.34. The number of carbonyl (C=O) groups is 2. The third-order valence-corrected chi connectivity index (χ3v) is 4.99. The molecule has 4 nitrogen and oxygen atoms in total. The van der Waals surface area contributed by atoms with Crippen molar-refractivity contribution in [3.05, 3.63) is 69.2 Å². The van der Waals surface area contributed by atoms with Crippen LogP contribution in [0, 0.1) is 0 Å². The fourth-order valence-electron chi connectivity index (χ4n) is 3.06. The van der Waals surface area contributed by atoms with Crippen molar-refractivity contribution in [2.45, 2.75) is 19.2 Å². The molecule has 1 heterocycles. The van der Waals surface area contributed by atoms with Crippen LogP contribution in [-0.4, -0.2) is 30.1 Å². The number of halogens is 2. The van der Waals surface area contributed by atoms with Gasteiger partial charge >= 0.3 is 0 Å². The summed E-state index contributed by atoms with van der Waals surface area (Å²) >= 11 is 11.9. The highest BCUT2D eigenvalue weighted by Crippen LogP contribution is 2.33. The maximum Gasteiger partial charge on any atom is 0.216 e. The lowest BCUT2D eigenvalue weighted by atomic mass is 10.0. The quantitative estimate of drug-likeness (QED) is 0.417. The maximum absolute atomic E-state index is 12.0. The van der Waals surface area contributed by atoms with Crippen molar-refractivity contribution in [1.29, 1.82) is 0 Å². The molecule has 0 radical (unpaired) electrons. The highest BCUT2D eigenvalue weighted by atomic mass is 35.5. The van der Waals surface area contributed by atoms with E-state index in [1.807, 2.05) is 35.2 Å². The summed E-state index contributed by atoms with van der Waals surface area (Å²) < 4.78 is 5.69. The summed E-state index contributed by atoms with van der Waals surface area (Å²) in [6, 6.07) is 12.6. The number of nitrogens with zero attached hydrogens (tertiary/aromatic N) is 1. The van der Waals surface area contributed by atoms with Gasteiger partial charge in [0, 0.05) is 13.1 Å². The zero-order valence-corrected chi connectivity index (χ0v) is 15.0. The Bertz CT molecular complexity index is 794. The molecule has 0 spiro atoms. The van der Waals surface area contributed by atoms with E-state index in [-0.39, 0.29) is 0 Å². The van der Waals surface area contributed by atoms with Gasteiger partial charge in [-0.3, -0.25) is 14.5 Å². The average molecular weight is 378 g/mol. The van der Waals surface area contributed by atoms with Crippen LogP contribution in [0.5, 0.6) is 0 Å².